The topological polar surface area (TPSA) is 37.4 Å². The van der Waals surface area contributed by atoms with Gasteiger partial charge in [-0.15, -0.1) is 0 Å². The van der Waals surface area contributed by atoms with Crippen LogP contribution in [0.5, 0.6) is 0 Å². The molecule has 0 spiro atoms. The van der Waals surface area contributed by atoms with E-state index in [9.17, 15) is 9.59 Å². The van der Waals surface area contributed by atoms with Gasteiger partial charge < -0.3 is 0 Å². The van der Waals surface area contributed by atoms with Crippen molar-refractivity contribution in [3.8, 4) is 0 Å². The van der Waals surface area contributed by atoms with Crippen molar-refractivity contribution >= 4 is 17.9 Å². The van der Waals surface area contributed by atoms with E-state index in [1.54, 1.807) is 24.3 Å². The molecule has 2 aromatic carbocycles. The van der Waals surface area contributed by atoms with Gasteiger partial charge >= 0.3 is 0 Å². The number of nitrogens with zero attached hydrogens (tertiary/aromatic N) is 1. The molecule has 2 aromatic rings. The van der Waals surface area contributed by atoms with Gasteiger partial charge in [-0.3, -0.25) is 9.59 Å². The average molecular weight is 250 g/mol. The summed E-state index contributed by atoms with van der Waals surface area (Å²) in [6.07, 6.45) is 1.38. The minimum Gasteiger partial charge on any atom is -0.268 e. The van der Waals surface area contributed by atoms with Crippen LogP contribution >= 0.6 is 0 Å². The lowest BCUT2D eigenvalue weighted by atomic mass is 10.1. The highest BCUT2D eigenvalue weighted by Crippen LogP contribution is 2.22. The molecule has 0 radical (unpaired) electrons. The second-order valence-corrected chi connectivity index (χ2v) is 4.18. The van der Waals surface area contributed by atoms with Gasteiger partial charge in [0.1, 0.15) is 0 Å². The quantitative estimate of drug-likeness (QED) is 0.768. The van der Waals surface area contributed by atoms with Gasteiger partial charge in [0.2, 0.25) is 0 Å². The molecule has 0 aliphatic carbocycles. The van der Waals surface area contributed by atoms with Gasteiger partial charge in [0.15, 0.2) is 0 Å². The number of carbonyl (C=O) groups excluding carboxylic acids is 2. The third kappa shape index (κ3) is 1.95. The SMILES string of the molecule is [2H]/C(=C\c1ccccc1)N1C(=O)c2ccccc2C1=O. The zero-order valence-corrected chi connectivity index (χ0v) is 10.0. The van der Waals surface area contributed by atoms with Crippen molar-refractivity contribution in [3.63, 3.8) is 0 Å². The molecule has 2 amide bonds. The van der Waals surface area contributed by atoms with Crippen LogP contribution in [0.2, 0.25) is 0 Å². The van der Waals surface area contributed by atoms with Crippen LogP contribution in [0.25, 0.3) is 6.08 Å². The number of carbonyl (C=O) groups is 2. The minimum atomic E-state index is -0.442. The minimum absolute atomic E-state index is 0.123. The van der Waals surface area contributed by atoms with E-state index in [0.29, 0.717) is 11.1 Å². The van der Waals surface area contributed by atoms with Crippen LogP contribution in [0.1, 0.15) is 27.7 Å². The lowest BCUT2D eigenvalue weighted by molar-refractivity contribution is 0.0722. The molecular weight excluding hydrogens is 238 g/mol. The van der Waals surface area contributed by atoms with E-state index < -0.39 is 11.8 Å². The normalized spacial score (nSPS) is 15.5. The Balaban J connectivity index is 1.99. The van der Waals surface area contributed by atoms with E-state index in [4.69, 9.17) is 1.37 Å². The van der Waals surface area contributed by atoms with Crippen LogP contribution in [-0.4, -0.2) is 16.7 Å². The molecule has 0 saturated carbocycles. The van der Waals surface area contributed by atoms with Crippen LogP contribution in [0, 0.1) is 0 Å². The molecule has 3 heteroatoms. The lowest BCUT2D eigenvalue weighted by Gasteiger charge is -2.06. The zero-order chi connectivity index (χ0) is 14.1. The van der Waals surface area contributed by atoms with Gasteiger partial charge in [-0.1, -0.05) is 42.5 Å². The van der Waals surface area contributed by atoms with E-state index >= 15 is 0 Å². The summed E-state index contributed by atoms with van der Waals surface area (Å²) in [5.41, 5.74) is 1.47. The van der Waals surface area contributed by atoms with Crippen molar-refractivity contribution in [1.82, 2.24) is 4.90 Å². The first-order valence-corrected chi connectivity index (χ1v) is 5.89. The number of hydrogen-bond donors (Lipinski definition) is 0. The molecule has 0 atom stereocenters. The van der Waals surface area contributed by atoms with Gasteiger partial charge in [-0.2, -0.15) is 0 Å². The molecule has 1 aliphatic heterocycles. The first-order chi connectivity index (χ1) is 9.68. The Labute approximate surface area is 112 Å². The van der Waals surface area contributed by atoms with E-state index in [2.05, 4.69) is 0 Å². The lowest BCUT2D eigenvalue weighted by Crippen LogP contribution is -2.23. The van der Waals surface area contributed by atoms with Gasteiger partial charge in [0.05, 0.1) is 12.5 Å². The molecule has 0 N–H and O–H groups in total. The number of hydrogen-bond acceptors (Lipinski definition) is 2. The van der Waals surface area contributed by atoms with Crippen molar-refractivity contribution in [2.45, 2.75) is 0 Å². The van der Waals surface area contributed by atoms with Gasteiger partial charge in [0.25, 0.3) is 11.8 Å². The van der Waals surface area contributed by atoms with Crippen LogP contribution < -0.4 is 0 Å². The Morgan fingerprint density at radius 1 is 0.842 bits per heavy atom. The fourth-order valence-corrected chi connectivity index (χ4v) is 1.99. The molecule has 0 aromatic heterocycles. The standard InChI is InChI=1S/C16H11NO2/c18-15-13-8-4-5-9-14(13)16(19)17(15)11-10-12-6-2-1-3-7-12/h1-11H/b11-10+/i11D. The van der Waals surface area contributed by atoms with E-state index in [0.717, 1.165) is 10.5 Å². The van der Waals surface area contributed by atoms with Crippen LogP contribution in [-0.2, 0) is 0 Å². The van der Waals surface area contributed by atoms with Crippen molar-refractivity contribution in [2.75, 3.05) is 0 Å². The predicted octanol–water partition coefficient (Wildman–Crippen LogP) is 2.95. The highest BCUT2D eigenvalue weighted by molar-refractivity contribution is 6.22. The molecule has 19 heavy (non-hydrogen) atoms. The van der Waals surface area contributed by atoms with E-state index in [1.165, 1.54) is 6.08 Å². The number of amides is 2. The van der Waals surface area contributed by atoms with E-state index in [-0.39, 0.29) is 6.18 Å². The molecule has 0 bridgehead atoms. The van der Waals surface area contributed by atoms with Crippen LogP contribution in [0.3, 0.4) is 0 Å². The second kappa shape index (κ2) is 4.53. The highest BCUT2D eigenvalue weighted by Gasteiger charge is 2.33. The van der Waals surface area contributed by atoms with Gasteiger partial charge in [0, 0.05) is 6.18 Å². The smallest absolute Gasteiger partial charge is 0.265 e. The van der Waals surface area contributed by atoms with Crippen molar-refractivity contribution < 1.29 is 11.0 Å². The molecule has 3 rings (SSSR count). The fourth-order valence-electron chi connectivity index (χ4n) is 1.99. The van der Waals surface area contributed by atoms with Crippen LogP contribution in [0.15, 0.2) is 60.8 Å². The molecule has 3 nitrogen and oxygen atoms in total. The van der Waals surface area contributed by atoms with Crippen molar-refractivity contribution in [1.29, 1.82) is 0 Å². The number of benzene rings is 2. The molecule has 0 fully saturated rings. The Morgan fingerprint density at radius 3 is 1.95 bits per heavy atom. The Bertz CT molecular complexity index is 687. The zero-order valence-electron chi connectivity index (χ0n) is 11.0. The predicted molar refractivity (Wildman–Crippen MR) is 72.4 cm³/mol. The fraction of sp³-hybridized carbons (Fsp3) is 0. The summed E-state index contributed by atoms with van der Waals surface area (Å²) in [5, 5.41) is 0. The van der Waals surface area contributed by atoms with Crippen LogP contribution in [0.4, 0.5) is 0 Å². The first-order valence-electron chi connectivity index (χ1n) is 6.39. The average Bonchev–Trinajstić information content (AvgIpc) is 2.72. The monoisotopic (exact) mass is 250 g/mol. The maximum absolute atomic E-state index is 12.2. The largest absolute Gasteiger partial charge is 0.268 e. The number of imide groups is 1. The Morgan fingerprint density at radius 2 is 1.37 bits per heavy atom. The molecule has 92 valence electrons. The third-order valence-corrected chi connectivity index (χ3v) is 2.95. The summed E-state index contributed by atoms with van der Waals surface area (Å²) in [6, 6.07) is 15.8. The summed E-state index contributed by atoms with van der Waals surface area (Å²) in [4.78, 5) is 25.3. The maximum atomic E-state index is 12.2. The van der Waals surface area contributed by atoms with Crippen molar-refractivity contribution in [3.05, 3.63) is 77.5 Å². The summed E-state index contributed by atoms with van der Waals surface area (Å²) >= 11 is 0. The maximum Gasteiger partial charge on any atom is 0.265 e. The van der Waals surface area contributed by atoms with Gasteiger partial charge in [-0.05, 0) is 23.8 Å². The second-order valence-electron chi connectivity index (χ2n) is 4.18. The Hall–Kier alpha value is -2.68. The highest BCUT2D eigenvalue weighted by atomic mass is 16.2. The molecule has 0 saturated heterocycles. The first kappa shape index (κ1) is 10.3. The molecule has 0 unspecified atom stereocenters. The summed E-state index contributed by atoms with van der Waals surface area (Å²) in [5.74, 6) is -0.884. The molecule has 1 aliphatic rings. The van der Waals surface area contributed by atoms with Crippen molar-refractivity contribution in [2.24, 2.45) is 0 Å². The number of fused-ring (bicyclic) bond motifs is 1. The summed E-state index contributed by atoms with van der Waals surface area (Å²) in [6.45, 7) is 0. The third-order valence-electron chi connectivity index (χ3n) is 2.95. The van der Waals surface area contributed by atoms with Gasteiger partial charge in [-0.25, -0.2) is 4.90 Å². The number of rotatable bonds is 2. The van der Waals surface area contributed by atoms with E-state index in [1.807, 2.05) is 30.3 Å². The Kier molecular flexibility index (Phi) is 2.45. The summed E-state index contributed by atoms with van der Waals surface area (Å²) < 4.78 is 7.99. The molecule has 1 heterocycles. The summed E-state index contributed by atoms with van der Waals surface area (Å²) in [7, 11) is 0. The molecular formula is C16H11NO2.